The quantitative estimate of drug-likeness (QED) is 0.349. The number of β-amino-alcohol motifs (C(OH)–C–C–N with tert-alkyl or cyclic N) is 1. The molecule has 200 valence electrons. The molecule has 0 aromatic heterocycles. The summed E-state index contributed by atoms with van der Waals surface area (Å²) in [6.45, 7) is 20.3. The van der Waals surface area contributed by atoms with Crippen LogP contribution in [0.3, 0.4) is 0 Å². The number of nitrogens with two attached hydrogens (primary N) is 1. The van der Waals surface area contributed by atoms with Gasteiger partial charge in [-0.2, -0.15) is 0 Å². The third-order valence-corrected chi connectivity index (χ3v) is 5.66. The minimum atomic E-state index is -0.581. The van der Waals surface area contributed by atoms with E-state index < -0.39 is 11.7 Å². The maximum Gasteiger partial charge on any atom is 0.328 e. The lowest BCUT2D eigenvalue weighted by Crippen LogP contribution is -2.50. The molecule has 1 rings (SSSR count). The lowest BCUT2D eigenvalue weighted by Gasteiger charge is -2.36. The van der Waals surface area contributed by atoms with Crippen LogP contribution in [0.2, 0.25) is 0 Å². The fraction of sp³-hybridized carbons (Fsp3) is 0.957. The van der Waals surface area contributed by atoms with Gasteiger partial charge in [-0.05, 0) is 26.2 Å². The number of rotatable bonds is 9. The van der Waals surface area contributed by atoms with Gasteiger partial charge in [0.25, 0.3) is 0 Å². The van der Waals surface area contributed by atoms with E-state index in [1.54, 1.807) is 0 Å². The minimum absolute atomic E-state index is 0.151. The highest BCUT2D eigenvalue weighted by Gasteiger charge is 2.23. The van der Waals surface area contributed by atoms with Gasteiger partial charge in [0.05, 0.1) is 12.6 Å². The van der Waals surface area contributed by atoms with Crippen molar-refractivity contribution in [3.05, 3.63) is 0 Å². The van der Waals surface area contributed by atoms with Gasteiger partial charge in [-0.15, -0.1) is 0 Å². The van der Waals surface area contributed by atoms with E-state index in [-0.39, 0.29) is 39.9 Å². The van der Waals surface area contributed by atoms with Crippen molar-refractivity contribution in [2.24, 2.45) is 11.1 Å². The van der Waals surface area contributed by atoms with Crippen LogP contribution in [-0.4, -0.2) is 128 Å². The van der Waals surface area contributed by atoms with Crippen LogP contribution in [-0.2, 0) is 18.6 Å². The van der Waals surface area contributed by atoms with Crippen LogP contribution in [0.4, 0.5) is 0 Å². The number of hydrogen-bond donors (Lipinski definition) is 2. The van der Waals surface area contributed by atoms with Crippen molar-refractivity contribution in [1.29, 1.82) is 0 Å². The second-order valence-electron chi connectivity index (χ2n) is 11.3. The van der Waals surface area contributed by atoms with E-state index in [0.717, 1.165) is 32.7 Å². The summed E-state index contributed by atoms with van der Waals surface area (Å²) >= 11 is 0. The Morgan fingerprint density at radius 3 is 1.88 bits per heavy atom. The van der Waals surface area contributed by atoms with E-state index in [2.05, 4.69) is 40.4 Å². The molecule has 1 unspecified atom stereocenters. The number of aliphatic hydroxyl groups is 1. The molecule has 1 fully saturated rings. The number of aliphatic hydroxyl groups excluding tert-OH is 1. The van der Waals surface area contributed by atoms with Crippen molar-refractivity contribution < 1.29 is 23.7 Å². The van der Waals surface area contributed by atoms with Gasteiger partial charge >= 0.3 is 14.7 Å². The van der Waals surface area contributed by atoms with Crippen LogP contribution >= 0.6 is 8.69 Å². The summed E-state index contributed by atoms with van der Waals surface area (Å²) in [7, 11) is -0.336. The van der Waals surface area contributed by atoms with Gasteiger partial charge in [0.2, 0.25) is 0 Å². The molecule has 34 heavy (non-hydrogen) atoms. The molecular formula is C23H48N5O5P. The maximum absolute atomic E-state index is 12.5. The summed E-state index contributed by atoms with van der Waals surface area (Å²) in [6, 6.07) is 0. The van der Waals surface area contributed by atoms with E-state index in [1.165, 1.54) is 0 Å². The van der Waals surface area contributed by atoms with E-state index in [1.807, 2.05) is 20.8 Å². The molecular weight excluding hydrogens is 457 g/mol. The zero-order valence-corrected chi connectivity index (χ0v) is 23.1. The summed E-state index contributed by atoms with van der Waals surface area (Å²) in [5, 5.41) is 10.2. The van der Waals surface area contributed by atoms with Crippen molar-refractivity contribution >= 4 is 14.7 Å². The molecule has 3 N–H and O–H groups in total. The number of hydrogen-bond acceptors (Lipinski definition) is 10. The molecule has 0 aromatic carbocycles. The Balaban J connectivity index is 2.98. The lowest BCUT2D eigenvalue weighted by molar-refractivity contribution is -0.156. The van der Waals surface area contributed by atoms with Crippen LogP contribution in [0, 0.1) is 5.41 Å². The second kappa shape index (κ2) is 15.4. The van der Waals surface area contributed by atoms with Gasteiger partial charge in [-0.1, -0.05) is 20.8 Å². The molecule has 0 amide bonds. The van der Waals surface area contributed by atoms with Gasteiger partial charge < -0.3 is 20.5 Å². The van der Waals surface area contributed by atoms with E-state index in [9.17, 15) is 14.5 Å². The predicted molar refractivity (Wildman–Crippen MR) is 135 cm³/mol. The zero-order chi connectivity index (χ0) is 25.8. The first-order valence-corrected chi connectivity index (χ1v) is 13.0. The molecule has 0 aliphatic carbocycles. The minimum Gasteiger partial charge on any atom is -0.459 e. The van der Waals surface area contributed by atoms with Crippen molar-refractivity contribution in [2.75, 3.05) is 85.3 Å². The topological polar surface area (TPSA) is 112 Å². The van der Waals surface area contributed by atoms with Crippen LogP contribution in [0.25, 0.3) is 0 Å². The van der Waals surface area contributed by atoms with Crippen molar-refractivity contribution in [1.82, 2.24) is 19.6 Å². The Kier molecular flexibility index (Phi) is 14.2. The molecule has 1 heterocycles. The van der Waals surface area contributed by atoms with Gasteiger partial charge in [0.15, 0.2) is 0 Å². The molecule has 1 saturated heterocycles. The van der Waals surface area contributed by atoms with Gasteiger partial charge in [0.1, 0.15) is 12.3 Å². The Labute approximate surface area is 208 Å². The first kappa shape index (κ1) is 31.3. The molecule has 1 atom stereocenters. The molecule has 11 heteroatoms. The number of carbonyl (C=O) groups is 1. The van der Waals surface area contributed by atoms with Gasteiger partial charge in [-0.25, -0.2) is 4.57 Å². The van der Waals surface area contributed by atoms with E-state index in [4.69, 9.17) is 15.0 Å². The fourth-order valence-electron chi connectivity index (χ4n) is 3.91. The second-order valence-corrected chi connectivity index (χ2v) is 11.7. The maximum atomic E-state index is 12.5. The van der Waals surface area contributed by atoms with Crippen LogP contribution in [0.5, 0.6) is 0 Å². The van der Waals surface area contributed by atoms with Gasteiger partial charge in [0, 0.05) is 72.0 Å². The third kappa shape index (κ3) is 15.3. The first-order chi connectivity index (χ1) is 15.8. The normalized spacial score (nSPS) is 20.6. The first-order valence-electron chi connectivity index (χ1n) is 12.3. The predicted octanol–water partition coefficient (Wildman–Crippen LogP) is 1.10. The van der Waals surface area contributed by atoms with Crippen LogP contribution < -0.4 is 5.73 Å². The highest BCUT2D eigenvalue weighted by molar-refractivity contribution is 7.17. The van der Waals surface area contributed by atoms with Gasteiger partial charge in [-0.3, -0.25) is 24.0 Å². The smallest absolute Gasteiger partial charge is 0.328 e. The molecule has 1 aliphatic rings. The number of nitrogens with zero attached hydrogens (tertiary/aromatic N) is 4. The summed E-state index contributed by atoms with van der Waals surface area (Å²) < 4.78 is 21.6. The lowest BCUT2D eigenvalue weighted by atomic mass is 9.96. The molecule has 0 spiro atoms. The van der Waals surface area contributed by atoms with E-state index >= 15 is 0 Å². The standard InChI is InChI=1S/C23H48N5O5P/c1-22(2,3)18-27-11-9-25(16-20(29)15-24)7-8-26(17-21(30)33-23(4,5)6)10-13-28(14-12-27)19-32-34-31/h20,29H,7-19,24H2,1-6H3. The van der Waals surface area contributed by atoms with Crippen LogP contribution in [0.1, 0.15) is 41.5 Å². The van der Waals surface area contributed by atoms with Crippen molar-refractivity contribution in [3.63, 3.8) is 0 Å². The summed E-state index contributed by atoms with van der Waals surface area (Å²) in [5.41, 5.74) is 5.29. The van der Waals surface area contributed by atoms with Crippen LogP contribution in [0.15, 0.2) is 0 Å². The Morgan fingerprint density at radius 1 is 0.912 bits per heavy atom. The number of carbonyl (C=O) groups excluding carboxylic acids is 1. The largest absolute Gasteiger partial charge is 0.459 e. The Morgan fingerprint density at radius 2 is 1.41 bits per heavy atom. The highest BCUT2D eigenvalue weighted by Crippen LogP contribution is 2.16. The molecule has 0 aromatic rings. The molecule has 10 nitrogen and oxygen atoms in total. The van der Waals surface area contributed by atoms with Crippen molar-refractivity contribution in [3.8, 4) is 0 Å². The average Bonchev–Trinajstić information content (AvgIpc) is 2.70. The zero-order valence-electron chi connectivity index (χ0n) is 22.2. The SMILES string of the molecule is CC(C)(C)CN1CCN(COP=O)CCN(CC(=O)OC(C)(C)C)CCN(CC(O)CN)CC1. The molecule has 0 saturated carbocycles. The monoisotopic (exact) mass is 505 g/mol. The Hall–Kier alpha value is -0.710. The highest BCUT2D eigenvalue weighted by atomic mass is 31.1. The molecule has 1 aliphatic heterocycles. The Bertz CT molecular complexity index is 599. The summed E-state index contributed by atoms with van der Waals surface area (Å²) in [5.74, 6) is -0.259. The third-order valence-electron chi connectivity index (χ3n) is 5.43. The average molecular weight is 506 g/mol. The summed E-state index contributed by atoms with van der Waals surface area (Å²) in [6.07, 6.45) is -0.581. The fourth-order valence-corrected chi connectivity index (χ4v) is 4.12. The number of esters is 1. The van der Waals surface area contributed by atoms with Crippen molar-refractivity contribution in [2.45, 2.75) is 53.2 Å². The molecule has 0 radical (unpaired) electrons. The number of ether oxygens (including phenoxy) is 1. The van der Waals surface area contributed by atoms with E-state index in [0.29, 0.717) is 32.7 Å². The summed E-state index contributed by atoms with van der Waals surface area (Å²) in [4.78, 5) is 21.4. The molecule has 0 bridgehead atoms.